The van der Waals surface area contributed by atoms with Gasteiger partial charge in [0.05, 0.1) is 32.8 Å². The highest BCUT2D eigenvalue weighted by Gasteiger charge is 2.39. The molecule has 146 valence electrons. The van der Waals surface area contributed by atoms with E-state index in [9.17, 15) is 9.59 Å². The second-order valence-electron chi connectivity index (χ2n) is 6.20. The summed E-state index contributed by atoms with van der Waals surface area (Å²) >= 11 is 0. The summed E-state index contributed by atoms with van der Waals surface area (Å²) in [5, 5.41) is 7.01. The average Bonchev–Trinajstić information content (AvgIpc) is 3.05. The second kappa shape index (κ2) is 6.48. The van der Waals surface area contributed by atoms with E-state index in [1.165, 1.54) is 21.3 Å². The van der Waals surface area contributed by atoms with Crippen molar-refractivity contribution >= 4 is 0 Å². The molecule has 0 bridgehead atoms. The summed E-state index contributed by atoms with van der Waals surface area (Å²) in [6.07, 6.45) is 0. The minimum atomic E-state index is -0.674. The van der Waals surface area contributed by atoms with E-state index in [2.05, 4.69) is 20.2 Å². The molecule has 1 atom stereocenters. The van der Waals surface area contributed by atoms with Crippen LogP contribution >= 0.6 is 0 Å². The van der Waals surface area contributed by atoms with E-state index in [1.807, 2.05) is 6.92 Å². The van der Waals surface area contributed by atoms with E-state index in [4.69, 9.17) is 18.9 Å². The van der Waals surface area contributed by atoms with Crippen LogP contribution in [0.4, 0.5) is 0 Å². The minimum Gasteiger partial charge on any atom is -0.496 e. The maximum absolute atomic E-state index is 12.7. The third kappa shape index (κ3) is 2.53. The first kappa shape index (κ1) is 17.7. The van der Waals surface area contributed by atoms with Crippen LogP contribution in [-0.2, 0) is 0 Å². The Morgan fingerprint density at radius 2 is 1.64 bits per heavy atom. The first-order valence-corrected chi connectivity index (χ1v) is 8.37. The summed E-state index contributed by atoms with van der Waals surface area (Å²) in [7, 11) is 4.56. The third-order valence-electron chi connectivity index (χ3n) is 4.72. The molecule has 10 heteroatoms. The van der Waals surface area contributed by atoms with Crippen molar-refractivity contribution in [1.82, 2.24) is 20.2 Å². The van der Waals surface area contributed by atoms with Crippen molar-refractivity contribution in [3.63, 3.8) is 0 Å². The van der Waals surface area contributed by atoms with Gasteiger partial charge in [-0.3, -0.25) is 19.9 Å². The zero-order valence-corrected chi connectivity index (χ0v) is 15.6. The van der Waals surface area contributed by atoms with Crippen LogP contribution in [0.2, 0.25) is 0 Å². The molecule has 0 amide bonds. The zero-order valence-electron chi connectivity index (χ0n) is 15.6. The van der Waals surface area contributed by atoms with Gasteiger partial charge < -0.3 is 18.9 Å². The largest absolute Gasteiger partial charge is 0.496 e. The number of aromatic amines is 3. The van der Waals surface area contributed by atoms with Crippen LogP contribution in [0.25, 0.3) is 0 Å². The molecule has 10 nitrogen and oxygen atoms in total. The predicted molar refractivity (Wildman–Crippen MR) is 98.1 cm³/mol. The molecule has 2 aromatic heterocycles. The van der Waals surface area contributed by atoms with Gasteiger partial charge >= 0.3 is 5.69 Å². The van der Waals surface area contributed by atoms with Crippen molar-refractivity contribution < 1.29 is 18.9 Å². The third-order valence-corrected chi connectivity index (χ3v) is 4.72. The van der Waals surface area contributed by atoms with E-state index < -0.39 is 17.2 Å². The van der Waals surface area contributed by atoms with Crippen LogP contribution in [0.15, 0.2) is 21.7 Å². The Kier molecular flexibility index (Phi) is 4.10. The lowest BCUT2D eigenvalue weighted by Crippen LogP contribution is -2.30. The summed E-state index contributed by atoms with van der Waals surface area (Å²) < 4.78 is 22.1. The van der Waals surface area contributed by atoms with E-state index in [0.29, 0.717) is 34.1 Å². The van der Waals surface area contributed by atoms with E-state index in [-0.39, 0.29) is 17.3 Å². The van der Waals surface area contributed by atoms with Gasteiger partial charge in [0.15, 0.2) is 0 Å². The summed E-state index contributed by atoms with van der Waals surface area (Å²) in [4.78, 5) is 29.3. The molecule has 3 heterocycles. The van der Waals surface area contributed by atoms with Crippen LogP contribution in [0, 0.1) is 6.92 Å². The molecule has 1 aliphatic rings. The molecule has 3 N–H and O–H groups in total. The zero-order chi connectivity index (χ0) is 20.0. The van der Waals surface area contributed by atoms with Gasteiger partial charge in [0.25, 0.3) is 5.56 Å². The number of hydrogen-bond donors (Lipinski definition) is 3. The Morgan fingerprint density at radius 3 is 2.25 bits per heavy atom. The van der Waals surface area contributed by atoms with Gasteiger partial charge in [-0.2, -0.15) is 0 Å². The number of aryl methyl sites for hydroxylation is 1. The van der Waals surface area contributed by atoms with Crippen LogP contribution in [0.5, 0.6) is 29.0 Å². The summed E-state index contributed by atoms with van der Waals surface area (Å²) in [6.45, 7) is 1.82. The topological polar surface area (TPSA) is 131 Å². The Hall–Kier alpha value is -3.69. The maximum atomic E-state index is 12.7. The van der Waals surface area contributed by atoms with Gasteiger partial charge in [-0.15, -0.1) is 5.10 Å². The molecule has 4 rings (SSSR count). The van der Waals surface area contributed by atoms with Gasteiger partial charge in [-0.25, -0.2) is 4.79 Å². The monoisotopic (exact) mass is 386 g/mol. The van der Waals surface area contributed by atoms with Gasteiger partial charge in [0.2, 0.25) is 11.8 Å². The van der Waals surface area contributed by atoms with Crippen molar-refractivity contribution in [3.8, 4) is 29.0 Å². The molecule has 0 spiro atoms. The molecule has 28 heavy (non-hydrogen) atoms. The number of fused-ring (bicyclic) bond motifs is 2. The summed E-state index contributed by atoms with van der Waals surface area (Å²) in [5.41, 5.74) is 0.904. The molecule has 0 fully saturated rings. The first-order valence-electron chi connectivity index (χ1n) is 8.37. The quantitative estimate of drug-likeness (QED) is 0.483. The average molecular weight is 386 g/mol. The molecule has 0 aliphatic carbocycles. The first-order chi connectivity index (χ1) is 13.5. The van der Waals surface area contributed by atoms with Crippen molar-refractivity contribution in [2.45, 2.75) is 12.8 Å². The molecule has 0 radical (unpaired) electrons. The van der Waals surface area contributed by atoms with Crippen molar-refractivity contribution in [2.75, 3.05) is 21.3 Å². The molecule has 1 unspecified atom stereocenters. The fourth-order valence-electron chi connectivity index (χ4n) is 3.50. The summed E-state index contributed by atoms with van der Waals surface area (Å²) in [5.74, 6) is 1.06. The highest BCUT2D eigenvalue weighted by atomic mass is 16.5. The number of nitrogens with one attached hydrogen (secondary N) is 3. The Bertz CT molecular complexity index is 1150. The fourth-order valence-corrected chi connectivity index (χ4v) is 3.50. The lowest BCUT2D eigenvalue weighted by molar-refractivity contribution is 0.363. The molecule has 1 aromatic carbocycles. The van der Waals surface area contributed by atoms with E-state index >= 15 is 0 Å². The number of hydrogen-bond acceptors (Lipinski definition) is 7. The highest BCUT2D eigenvalue weighted by Crippen LogP contribution is 2.51. The smallest absolute Gasteiger partial charge is 0.328 e. The number of benzene rings is 1. The number of aromatic nitrogens is 4. The Labute approximate surface area is 158 Å². The number of methoxy groups -OCH3 is 3. The molecule has 0 saturated carbocycles. The van der Waals surface area contributed by atoms with Gasteiger partial charge in [0.1, 0.15) is 17.2 Å². The lowest BCUT2D eigenvalue weighted by atomic mass is 9.83. The van der Waals surface area contributed by atoms with Gasteiger partial charge in [-0.05, 0) is 6.92 Å². The Morgan fingerprint density at radius 1 is 0.964 bits per heavy atom. The minimum absolute atomic E-state index is 0.0256. The predicted octanol–water partition coefficient (Wildman–Crippen LogP) is 1.41. The van der Waals surface area contributed by atoms with E-state index in [0.717, 1.165) is 0 Å². The molecule has 1 aliphatic heterocycles. The van der Waals surface area contributed by atoms with Crippen LogP contribution in [0.3, 0.4) is 0 Å². The van der Waals surface area contributed by atoms with Gasteiger partial charge in [0, 0.05) is 29.0 Å². The Balaban J connectivity index is 2.11. The number of H-pyrrole nitrogens is 3. The lowest BCUT2D eigenvalue weighted by Gasteiger charge is -2.27. The number of nitrogens with zero attached hydrogens (tertiary/aromatic N) is 1. The summed E-state index contributed by atoms with van der Waals surface area (Å²) in [6, 6.07) is 3.39. The van der Waals surface area contributed by atoms with Crippen LogP contribution in [-0.4, -0.2) is 41.5 Å². The van der Waals surface area contributed by atoms with Crippen LogP contribution in [0.1, 0.15) is 28.3 Å². The molecular formula is C18H18N4O6. The normalized spacial score (nSPS) is 14.6. The highest BCUT2D eigenvalue weighted by molar-refractivity contribution is 5.63. The van der Waals surface area contributed by atoms with E-state index in [1.54, 1.807) is 12.1 Å². The molecule has 3 aromatic rings. The van der Waals surface area contributed by atoms with Gasteiger partial charge in [-0.1, -0.05) is 0 Å². The van der Waals surface area contributed by atoms with Crippen LogP contribution < -0.4 is 30.2 Å². The standard InChI is InChI=1S/C18H18N4O6/c1-7-11-13(12-9(26-3)5-8(25-2)6-10(12)27-4)14-15(23)19-18(24)20-16(14)28-17(11)22-21-7/h5-6,13H,1-4H3,(H,21,22)(H2,19,20,23,24). The number of ether oxygens (including phenoxy) is 4. The maximum Gasteiger partial charge on any atom is 0.328 e. The molecular weight excluding hydrogens is 368 g/mol. The fraction of sp³-hybridized carbons (Fsp3) is 0.278. The second-order valence-corrected chi connectivity index (χ2v) is 6.20. The number of rotatable bonds is 4. The van der Waals surface area contributed by atoms with Crippen molar-refractivity contribution in [3.05, 3.63) is 55.4 Å². The van der Waals surface area contributed by atoms with Crippen molar-refractivity contribution in [2.24, 2.45) is 0 Å². The molecule has 0 saturated heterocycles. The SMILES string of the molecule is COc1cc(OC)c(C2c3c(n[nH]c3C)Oc3[nH]c(=O)[nH]c(=O)c32)c(OC)c1. The van der Waals surface area contributed by atoms with Crippen molar-refractivity contribution in [1.29, 1.82) is 0 Å².